The van der Waals surface area contributed by atoms with Crippen LogP contribution in [0.3, 0.4) is 0 Å². The first-order valence-corrected chi connectivity index (χ1v) is 7.67. The number of thiophene rings is 1. The molecule has 0 N–H and O–H groups in total. The van der Waals surface area contributed by atoms with Gasteiger partial charge in [-0.3, -0.25) is 4.79 Å². The van der Waals surface area contributed by atoms with E-state index in [1.807, 2.05) is 17.0 Å². The number of nitrogens with zero attached hydrogens (tertiary/aromatic N) is 2. The Kier molecular flexibility index (Phi) is 3.49. The van der Waals surface area contributed by atoms with Gasteiger partial charge in [0.15, 0.2) is 0 Å². The third-order valence-corrected chi connectivity index (χ3v) is 4.74. The molecule has 0 aliphatic carbocycles. The molecule has 0 radical (unpaired) electrons. The molecule has 0 aromatic carbocycles. The van der Waals surface area contributed by atoms with Crippen molar-refractivity contribution in [3.05, 3.63) is 52.0 Å². The van der Waals surface area contributed by atoms with Crippen LogP contribution in [-0.4, -0.2) is 21.9 Å². The summed E-state index contributed by atoms with van der Waals surface area (Å²) in [5.74, 6) is 0.0935. The summed E-state index contributed by atoms with van der Waals surface area (Å²) in [5, 5.41) is 0. The Balaban J connectivity index is 1.74. The fraction of sp³-hybridized carbons (Fsp3) is 0.312. The van der Waals surface area contributed by atoms with Crippen LogP contribution in [0.1, 0.15) is 28.4 Å². The lowest BCUT2D eigenvalue weighted by Crippen LogP contribution is -2.39. The Morgan fingerprint density at radius 3 is 2.95 bits per heavy atom. The largest absolute Gasteiger partial charge is 0.348 e. The van der Waals surface area contributed by atoms with E-state index in [9.17, 15) is 4.79 Å². The number of carbonyl (C=O) groups excluding carboxylic acids is 1. The maximum absolute atomic E-state index is 12.4. The standard InChI is InChI=1S/C16H18N2OS/c1-12-5-6-14(20-12)7-8-16(19)18-11-10-17-9-3-4-15(17)13(18)2/h3-9,13H,10-11H2,1-2H3/b8-7+. The van der Waals surface area contributed by atoms with E-state index in [1.165, 1.54) is 10.6 Å². The summed E-state index contributed by atoms with van der Waals surface area (Å²) in [4.78, 5) is 16.7. The second kappa shape index (κ2) is 5.29. The Morgan fingerprint density at radius 1 is 1.35 bits per heavy atom. The Labute approximate surface area is 123 Å². The van der Waals surface area contributed by atoms with Crippen LogP contribution < -0.4 is 0 Å². The minimum atomic E-state index is 0.0935. The van der Waals surface area contributed by atoms with Gasteiger partial charge >= 0.3 is 0 Å². The molecule has 2 aromatic heterocycles. The first kappa shape index (κ1) is 13.2. The maximum Gasteiger partial charge on any atom is 0.247 e. The van der Waals surface area contributed by atoms with Gasteiger partial charge in [-0.2, -0.15) is 0 Å². The number of carbonyl (C=O) groups is 1. The number of hydrogen-bond acceptors (Lipinski definition) is 2. The molecule has 4 heteroatoms. The van der Waals surface area contributed by atoms with Gasteiger partial charge in [-0.15, -0.1) is 11.3 Å². The number of rotatable bonds is 2. The summed E-state index contributed by atoms with van der Waals surface area (Å²) in [6.45, 7) is 5.82. The second-order valence-corrected chi connectivity index (χ2v) is 6.44. The highest BCUT2D eigenvalue weighted by Crippen LogP contribution is 2.25. The van der Waals surface area contributed by atoms with Gasteiger partial charge in [-0.1, -0.05) is 0 Å². The van der Waals surface area contributed by atoms with Gasteiger partial charge in [0, 0.05) is 40.8 Å². The molecule has 0 saturated carbocycles. The zero-order chi connectivity index (χ0) is 14.1. The highest BCUT2D eigenvalue weighted by molar-refractivity contribution is 7.12. The van der Waals surface area contributed by atoms with Crippen LogP contribution in [-0.2, 0) is 11.3 Å². The van der Waals surface area contributed by atoms with Crippen LogP contribution in [0, 0.1) is 6.92 Å². The predicted molar refractivity (Wildman–Crippen MR) is 82.7 cm³/mol. The van der Waals surface area contributed by atoms with Crippen molar-refractivity contribution in [1.82, 2.24) is 9.47 Å². The van der Waals surface area contributed by atoms with Crippen LogP contribution in [0.5, 0.6) is 0 Å². The van der Waals surface area contributed by atoms with Crippen LogP contribution in [0.15, 0.2) is 36.5 Å². The molecule has 0 saturated heterocycles. The van der Waals surface area contributed by atoms with E-state index in [-0.39, 0.29) is 11.9 Å². The van der Waals surface area contributed by atoms with E-state index in [4.69, 9.17) is 0 Å². The van der Waals surface area contributed by atoms with Gasteiger partial charge in [-0.25, -0.2) is 0 Å². The molecule has 20 heavy (non-hydrogen) atoms. The minimum absolute atomic E-state index is 0.0935. The van der Waals surface area contributed by atoms with E-state index in [0.29, 0.717) is 0 Å². The van der Waals surface area contributed by atoms with Gasteiger partial charge in [0.2, 0.25) is 5.91 Å². The summed E-state index contributed by atoms with van der Waals surface area (Å²) >= 11 is 1.71. The molecular formula is C16H18N2OS. The van der Waals surface area contributed by atoms with Crippen LogP contribution in [0.4, 0.5) is 0 Å². The van der Waals surface area contributed by atoms with Gasteiger partial charge in [0.05, 0.1) is 6.04 Å². The van der Waals surface area contributed by atoms with E-state index in [2.05, 4.69) is 42.8 Å². The topological polar surface area (TPSA) is 25.2 Å². The van der Waals surface area contributed by atoms with Crippen molar-refractivity contribution in [1.29, 1.82) is 0 Å². The number of hydrogen-bond donors (Lipinski definition) is 0. The van der Waals surface area contributed by atoms with E-state index in [1.54, 1.807) is 17.4 Å². The van der Waals surface area contributed by atoms with E-state index < -0.39 is 0 Å². The first-order valence-electron chi connectivity index (χ1n) is 6.85. The fourth-order valence-corrected chi connectivity index (χ4v) is 3.45. The lowest BCUT2D eigenvalue weighted by Gasteiger charge is -2.34. The summed E-state index contributed by atoms with van der Waals surface area (Å²) in [6, 6.07) is 8.40. The van der Waals surface area contributed by atoms with Crippen molar-refractivity contribution >= 4 is 23.3 Å². The van der Waals surface area contributed by atoms with Crippen LogP contribution in [0.2, 0.25) is 0 Å². The zero-order valence-corrected chi connectivity index (χ0v) is 12.6. The smallest absolute Gasteiger partial charge is 0.247 e. The molecule has 1 aliphatic rings. The third kappa shape index (κ3) is 2.43. The average Bonchev–Trinajstić information content (AvgIpc) is 3.05. The fourth-order valence-electron chi connectivity index (χ4n) is 2.67. The average molecular weight is 286 g/mol. The molecule has 1 atom stereocenters. The monoisotopic (exact) mass is 286 g/mol. The summed E-state index contributed by atoms with van der Waals surface area (Å²) < 4.78 is 2.22. The summed E-state index contributed by atoms with van der Waals surface area (Å²) in [6.07, 6.45) is 5.69. The lowest BCUT2D eigenvalue weighted by atomic mass is 10.1. The molecule has 1 amide bonds. The number of fused-ring (bicyclic) bond motifs is 1. The van der Waals surface area contributed by atoms with Crippen molar-refractivity contribution in [3.63, 3.8) is 0 Å². The SMILES string of the molecule is Cc1ccc(/C=C/C(=O)N2CCn3cccc3C2C)s1. The lowest BCUT2D eigenvalue weighted by molar-refractivity contribution is -0.129. The van der Waals surface area contributed by atoms with Crippen LogP contribution >= 0.6 is 11.3 Å². The first-order chi connectivity index (χ1) is 9.65. The molecular weight excluding hydrogens is 268 g/mol. The molecule has 1 unspecified atom stereocenters. The highest BCUT2D eigenvalue weighted by atomic mass is 32.1. The molecule has 3 rings (SSSR count). The minimum Gasteiger partial charge on any atom is -0.348 e. The van der Waals surface area contributed by atoms with Gasteiger partial charge < -0.3 is 9.47 Å². The molecule has 104 valence electrons. The molecule has 3 nitrogen and oxygen atoms in total. The number of aryl methyl sites for hydroxylation is 1. The summed E-state index contributed by atoms with van der Waals surface area (Å²) in [5.41, 5.74) is 1.21. The molecule has 0 spiro atoms. The molecule has 0 bridgehead atoms. The van der Waals surface area contributed by atoms with Gasteiger partial charge in [-0.05, 0) is 44.2 Å². The number of amides is 1. The van der Waals surface area contributed by atoms with Crippen molar-refractivity contribution < 1.29 is 4.79 Å². The summed E-state index contributed by atoms with van der Waals surface area (Å²) in [7, 11) is 0. The van der Waals surface area contributed by atoms with E-state index in [0.717, 1.165) is 18.0 Å². The van der Waals surface area contributed by atoms with Crippen molar-refractivity contribution in [2.75, 3.05) is 6.54 Å². The quantitative estimate of drug-likeness (QED) is 0.776. The molecule has 1 aliphatic heterocycles. The van der Waals surface area contributed by atoms with Crippen molar-refractivity contribution in [2.45, 2.75) is 26.4 Å². The molecule has 3 heterocycles. The molecule has 2 aromatic rings. The van der Waals surface area contributed by atoms with Crippen molar-refractivity contribution in [3.8, 4) is 0 Å². The van der Waals surface area contributed by atoms with Crippen molar-refractivity contribution in [2.24, 2.45) is 0 Å². The van der Waals surface area contributed by atoms with Crippen LogP contribution in [0.25, 0.3) is 6.08 Å². The normalized spacial score (nSPS) is 18.5. The molecule has 0 fully saturated rings. The zero-order valence-electron chi connectivity index (χ0n) is 11.7. The van der Waals surface area contributed by atoms with Gasteiger partial charge in [0.25, 0.3) is 0 Å². The van der Waals surface area contributed by atoms with E-state index >= 15 is 0 Å². The predicted octanol–water partition coefficient (Wildman–Crippen LogP) is 3.47. The Hall–Kier alpha value is -1.81. The number of aromatic nitrogens is 1. The van der Waals surface area contributed by atoms with Gasteiger partial charge in [0.1, 0.15) is 0 Å². The highest BCUT2D eigenvalue weighted by Gasteiger charge is 2.25. The Bertz CT molecular complexity index is 653. The Morgan fingerprint density at radius 2 is 2.20 bits per heavy atom. The second-order valence-electron chi connectivity index (χ2n) is 5.12. The third-order valence-electron chi connectivity index (χ3n) is 3.78. The maximum atomic E-state index is 12.4.